The van der Waals surface area contributed by atoms with Crippen molar-refractivity contribution >= 4 is 47.3 Å². The van der Waals surface area contributed by atoms with Crippen LogP contribution in [0.2, 0.25) is 0 Å². The number of carbonyl (C=O) groups excluding carboxylic acids is 1. The van der Waals surface area contributed by atoms with Gasteiger partial charge in [0.25, 0.3) is 0 Å². The Morgan fingerprint density at radius 1 is 1.07 bits per heavy atom. The minimum atomic E-state index is 0. The van der Waals surface area contributed by atoms with Crippen molar-refractivity contribution in [1.29, 1.82) is 0 Å². The molecule has 3 heterocycles. The van der Waals surface area contributed by atoms with E-state index in [0.717, 1.165) is 56.6 Å². The number of benzene rings is 1. The first-order chi connectivity index (χ1) is 14.2. The van der Waals surface area contributed by atoms with Gasteiger partial charge < -0.3 is 20.0 Å². The number of halogens is 1. The maximum Gasteiger partial charge on any atom is 0.227 e. The normalized spacial score (nSPS) is 17.2. The van der Waals surface area contributed by atoms with E-state index in [-0.39, 0.29) is 29.9 Å². The summed E-state index contributed by atoms with van der Waals surface area (Å²) in [6, 6.07) is 14.3. The second-order valence-corrected chi connectivity index (χ2v) is 7.38. The van der Waals surface area contributed by atoms with E-state index in [1.807, 2.05) is 42.4 Å². The molecule has 2 aromatic rings. The number of aliphatic imine (C=N–C) groups is 1. The lowest BCUT2D eigenvalue weighted by molar-refractivity contribution is -0.117. The van der Waals surface area contributed by atoms with Crippen molar-refractivity contribution < 1.29 is 4.79 Å². The van der Waals surface area contributed by atoms with E-state index in [0.29, 0.717) is 13.0 Å². The van der Waals surface area contributed by atoms with E-state index < -0.39 is 0 Å². The van der Waals surface area contributed by atoms with Gasteiger partial charge in [0, 0.05) is 64.6 Å². The van der Waals surface area contributed by atoms with Gasteiger partial charge in [-0.1, -0.05) is 18.2 Å². The van der Waals surface area contributed by atoms with E-state index in [2.05, 4.69) is 43.3 Å². The lowest BCUT2D eigenvalue weighted by Crippen LogP contribution is -2.52. The average Bonchev–Trinajstić information content (AvgIpc) is 3.21. The number of nitrogens with zero attached hydrogens (tertiary/aromatic N) is 5. The predicted octanol–water partition coefficient (Wildman–Crippen LogP) is 2.72. The van der Waals surface area contributed by atoms with E-state index in [1.54, 1.807) is 0 Å². The molecule has 4 rings (SSSR count). The lowest BCUT2D eigenvalue weighted by atomic mass is 10.2. The molecule has 2 aliphatic rings. The molecule has 7 nitrogen and oxygen atoms in total. The van der Waals surface area contributed by atoms with Crippen molar-refractivity contribution in [3.05, 3.63) is 54.2 Å². The van der Waals surface area contributed by atoms with Gasteiger partial charge in [-0.2, -0.15) is 0 Å². The summed E-state index contributed by atoms with van der Waals surface area (Å²) in [6.45, 7) is 5.21. The number of amides is 1. The third kappa shape index (κ3) is 5.21. The number of rotatable bonds is 4. The van der Waals surface area contributed by atoms with Crippen molar-refractivity contribution in [2.75, 3.05) is 49.6 Å². The van der Waals surface area contributed by atoms with E-state index in [9.17, 15) is 4.79 Å². The summed E-state index contributed by atoms with van der Waals surface area (Å²) in [5, 5.41) is 3.47. The van der Waals surface area contributed by atoms with Crippen LogP contribution < -0.4 is 15.1 Å². The quantitative estimate of drug-likeness (QED) is 0.382. The zero-order valence-electron chi connectivity index (χ0n) is 17.3. The van der Waals surface area contributed by atoms with Crippen molar-refractivity contribution in [2.45, 2.75) is 19.4 Å². The van der Waals surface area contributed by atoms with Gasteiger partial charge >= 0.3 is 0 Å². The standard InChI is InChI=1S/C22H28N6O.HI/c1-23-22(27-15-13-26(14-16-27)20-5-2-3-11-24-20)25-17-18-7-9-19(10-8-18)28-12-4-6-21(28)29;/h2-3,5,7-11H,4,6,12-17H2,1H3,(H,23,25);1H. The number of guanidine groups is 1. The molecule has 0 radical (unpaired) electrons. The van der Waals surface area contributed by atoms with Crippen LogP contribution in [0.15, 0.2) is 53.7 Å². The van der Waals surface area contributed by atoms with Crippen molar-refractivity contribution in [3.63, 3.8) is 0 Å². The first-order valence-corrected chi connectivity index (χ1v) is 10.3. The molecule has 2 saturated heterocycles. The van der Waals surface area contributed by atoms with Gasteiger partial charge in [0.05, 0.1) is 0 Å². The van der Waals surface area contributed by atoms with Crippen LogP contribution in [0, 0.1) is 0 Å². The highest BCUT2D eigenvalue weighted by Gasteiger charge is 2.22. The number of hydrogen-bond acceptors (Lipinski definition) is 4. The Morgan fingerprint density at radius 3 is 2.43 bits per heavy atom. The number of piperazine rings is 1. The molecule has 0 saturated carbocycles. The molecule has 160 valence electrons. The molecule has 1 N–H and O–H groups in total. The Kier molecular flexibility index (Phi) is 7.89. The molecule has 0 atom stereocenters. The molecule has 1 amide bonds. The molecule has 1 aromatic carbocycles. The van der Waals surface area contributed by atoms with Crippen LogP contribution in [0.25, 0.3) is 0 Å². The van der Waals surface area contributed by atoms with Gasteiger partial charge in [-0.15, -0.1) is 24.0 Å². The molecule has 30 heavy (non-hydrogen) atoms. The minimum Gasteiger partial charge on any atom is -0.353 e. The number of anilines is 2. The van der Waals surface area contributed by atoms with Crippen LogP contribution >= 0.6 is 24.0 Å². The van der Waals surface area contributed by atoms with Gasteiger partial charge in [0.1, 0.15) is 5.82 Å². The second kappa shape index (κ2) is 10.6. The summed E-state index contributed by atoms with van der Waals surface area (Å²) in [5.74, 6) is 2.18. The Balaban J connectivity index is 0.00000256. The van der Waals surface area contributed by atoms with Gasteiger partial charge in [-0.3, -0.25) is 9.79 Å². The maximum atomic E-state index is 11.9. The summed E-state index contributed by atoms with van der Waals surface area (Å²) in [6.07, 6.45) is 3.45. The van der Waals surface area contributed by atoms with Crippen molar-refractivity contribution in [1.82, 2.24) is 15.2 Å². The van der Waals surface area contributed by atoms with E-state index >= 15 is 0 Å². The molecule has 0 spiro atoms. The first kappa shape index (κ1) is 22.3. The van der Waals surface area contributed by atoms with Crippen LogP contribution in [0.5, 0.6) is 0 Å². The molecular weight excluding hydrogens is 491 g/mol. The average molecular weight is 520 g/mol. The largest absolute Gasteiger partial charge is 0.353 e. The predicted molar refractivity (Wildman–Crippen MR) is 132 cm³/mol. The van der Waals surface area contributed by atoms with Crippen molar-refractivity contribution in [2.24, 2.45) is 4.99 Å². The highest BCUT2D eigenvalue weighted by molar-refractivity contribution is 14.0. The Labute approximate surface area is 195 Å². The van der Waals surface area contributed by atoms with Crippen molar-refractivity contribution in [3.8, 4) is 0 Å². The molecule has 0 bridgehead atoms. The summed E-state index contributed by atoms with van der Waals surface area (Å²) in [5.41, 5.74) is 2.17. The summed E-state index contributed by atoms with van der Waals surface area (Å²) < 4.78 is 0. The third-order valence-electron chi connectivity index (χ3n) is 5.54. The van der Waals surface area contributed by atoms with Gasteiger partial charge in [-0.05, 0) is 36.2 Å². The molecule has 8 heteroatoms. The number of pyridine rings is 1. The number of carbonyl (C=O) groups is 1. The molecule has 2 fully saturated rings. The highest BCUT2D eigenvalue weighted by atomic mass is 127. The van der Waals surface area contributed by atoms with Crippen LogP contribution in [0.4, 0.5) is 11.5 Å². The lowest BCUT2D eigenvalue weighted by Gasteiger charge is -2.37. The zero-order valence-corrected chi connectivity index (χ0v) is 19.7. The summed E-state index contributed by atoms with van der Waals surface area (Å²) in [4.78, 5) is 27.3. The third-order valence-corrected chi connectivity index (χ3v) is 5.54. The van der Waals surface area contributed by atoms with E-state index in [4.69, 9.17) is 0 Å². The van der Waals surface area contributed by atoms with Crippen LogP contribution in [-0.2, 0) is 11.3 Å². The number of hydrogen-bond donors (Lipinski definition) is 1. The van der Waals surface area contributed by atoms with E-state index in [1.165, 1.54) is 5.56 Å². The molecule has 1 aromatic heterocycles. The fraction of sp³-hybridized carbons (Fsp3) is 0.409. The van der Waals surface area contributed by atoms with Gasteiger partial charge in [0.2, 0.25) is 5.91 Å². The topological polar surface area (TPSA) is 64.1 Å². The van der Waals surface area contributed by atoms with Crippen LogP contribution in [0.1, 0.15) is 18.4 Å². The summed E-state index contributed by atoms with van der Waals surface area (Å²) >= 11 is 0. The summed E-state index contributed by atoms with van der Waals surface area (Å²) in [7, 11) is 1.83. The SMILES string of the molecule is CN=C(NCc1ccc(N2CCCC2=O)cc1)N1CCN(c2ccccn2)CC1.I. The molecule has 2 aliphatic heterocycles. The first-order valence-electron chi connectivity index (χ1n) is 10.3. The fourth-order valence-corrected chi connectivity index (χ4v) is 3.92. The monoisotopic (exact) mass is 520 g/mol. The van der Waals surface area contributed by atoms with Gasteiger partial charge in [0.15, 0.2) is 5.96 Å². The number of aromatic nitrogens is 1. The highest BCUT2D eigenvalue weighted by Crippen LogP contribution is 2.21. The Bertz CT molecular complexity index is 850. The molecule has 0 unspecified atom stereocenters. The maximum absolute atomic E-state index is 11.9. The fourth-order valence-electron chi connectivity index (χ4n) is 3.92. The second-order valence-electron chi connectivity index (χ2n) is 7.38. The zero-order chi connectivity index (χ0) is 20.1. The Morgan fingerprint density at radius 2 is 1.83 bits per heavy atom. The van der Waals surface area contributed by atoms with Gasteiger partial charge in [-0.25, -0.2) is 4.98 Å². The van der Waals surface area contributed by atoms with Crippen LogP contribution in [-0.4, -0.2) is 61.5 Å². The molecule has 0 aliphatic carbocycles. The number of nitrogens with one attached hydrogen (secondary N) is 1. The minimum absolute atomic E-state index is 0. The Hall–Kier alpha value is -2.36. The molecular formula is C22H29IN6O. The van der Waals surface area contributed by atoms with Crippen LogP contribution in [0.3, 0.4) is 0 Å². The smallest absolute Gasteiger partial charge is 0.227 e.